The molecule has 0 atom stereocenters. The van der Waals surface area contributed by atoms with E-state index in [1.807, 2.05) is 0 Å². The van der Waals surface area contributed by atoms with Crippen LogP contribution in [0.1, 0.15) is 12.0 Å². The number of halogens is 1. The van der Waals surface area contributed by atoms with Crippen molar-refractivity contribution in [3.05, 3.63) is 29.6 Å². The SMILES string of the molecule is Cc1cccc(F)c1N1CC(=O)CC1=O. The number of nitrogens with zero attached hydrogens (tertiary/aromatic N) is 1. The Morgan fingerprint density at radius 3 is 2.60 bits per heavy atom. The summed E-state index contributed by atoms with van der Waals surface area (Å²) in [4.78, 5) is 23.7. The summed E-state index contributed by atoms with van der Waals surface area (Å²) in [5.74, 6) is -0.950. The third-order valence-electron chi connectivity index (χ3n) is 2.44. The Balaban J connectivity index is 2.46. The van der Waals surface area contributed by atoms with E-state index in [2.05, 4.69) is 0 Å². The Kier molecular flexibility index (Phi) is 2.26. The van der Waals surface area contributed by atoms with Gasteiger partial charge in [0.2, 0.25) is 5.91 Å². The highest BCUT2D eigenvalue weighted by atomic mass is 19.1. The Hall–Kier alpha value is -1.71. The van der Waals surface area contributed by atoms with E-state index in [0.29, 0.717) is 5.56 Å². The number of ketones is 1. The minimum absolute atomic E-state index is 0.0133. The van der Waals surface area contributed by atoms with Crippen molar-refractivity contribution in [1.29, 1.82) is 0 Å². The molecule has 1 fully saturated rings. The number of hydrogen-bond acceptors (Lipinski definition) is 2. The lowest BCUT2D eigenvalue weighted by Gasteiger charge is -2.17. The number of amides is 1. The number of aryl methyl sites for hydroxylation is 1. The second-order valence-electron chi connectivity index (χ2n) is 3.60. The Morgan fingerprint density at radius 2 is 2.07 bits per heavy atom. The summed E-state index contributed by atoms with van der Waals surface area (Å²) in [6.45, 7) is 1.70. The zero-order valence-corrected chi connectivity index (χ0v) is 8.29. The molecule has 1 aromatic carbocycles. The highest BCUT2D eigenvalue weighted by molar-refractivity contribution is 6.15. The van der Waals surface area contributed by atoms with Gasteiger partial charge in [0, 0.05) is 0 Å². The van der Waals surface area contributed by atoms with Crippen LogP contribution >= 0.6 is 0 Å². The summed E-state index contributed by atoms with van der Waals surface area (Å²) in [7, 11) is 0. The Morgan fingerprint density at radius 1 is 1.33 bits per heavy atom. The maximum atomic E-state index is 13.5. The molecule has 15 heavy (non-hydrogen) atoms. The van der Waals surface area contributed by atoms with Crippen LogP contribution in [0.25, 0.3) is 0 Å². The number of benzene rings is 1. The molecule has 2 rings (SSSR count). The molecular formula is C11H10FNO2. The first-order valence-electron chi connectivity index (χ1n) is 4.67. The Bertz CT molecular complexity index is 422. The van der Waals surface area contributed by atoms with Gasteiger partial charge in [0.1, 0.15) is 5.82 Å². The molecule has 4 heteroatoms. The molecule has 1 aliphatic rings. The van der Waals surface area contributed by atoms with Crippen molar-refractivity contribution in [3.8, 4) is 0 Å². The number of rotatable bonds is 1. The second kappa shape index (κ2) is 3.46. The summed E-state index contributed by atoms with van der Waals surface area (Å²) in [5.41, 5.74) is 0.895. The van der Waals surface area contributed by atoms with Crippen molar-refractivity contribution in [3.63, 3.8) is 0 Å². The quantitative estimate of drug-likeness (QED) is 0.653. The predicted molar refractivity (Wildman–Crippen MR) is 53.1 cm³/mol. The highest BCUT2D eigenvalue weighted by Crippen LogP contribution is 2.26. The van der Waals surface area contributed by atoms with Crippen LogP contribution in [0.5, 0.6) is 0 Å². The fraction of sp³-hybridized carbons (Fsp3) is 0.273. The normalized spacial score (nSPS) is 16.3. The van der Waals surface area contributed by atoms with Crippen molar-refractivity contribution in [1.82, 2.24) is 0 Å². The zero-order chi connectivity index (χ0) is 11.0. The molecule has 1 heterocycles. The average molecular weight is 207 g/mol. The van der Waals surface area contributed by atoms with Gasteiger partial charge in [-0.1, -0.05) is 12.1 Å². The first kappa shape index (κ1) is 9.83. The summed E-state index contributed by atoms with van der Waals surface area (Å²) < 4.78 is 13.5. The molecule has 0 N–H and O–H groups in total. The van der Waals surface area contributed by atoms with Crippen LogP contribution in [-0.2, 0) is 9.59 Å². The third kappa shape index (κ3) is 1.63. The van der Waals surface area contributed by atoms with Gasteiger partial charge in [0.05, 0.1) is 18.7 Å². The largest absolute Gasteiger partial charge is 0.302 e. The Labute approximate surface area is 86.5 Å². The minimum Gasteiger partial charge on any atom is -0.302 e. The fourth-order valence-corrected chi connectivity index (χ4v) is 1.75. The molecule has 1 aliphatic heterocycles. The third-order valence-corrected chi connectivity index (χ3v) is 2.44. The number of para-hydroxylation sites is 1. The van der Waals surface area contributed by atoms with Gasteiger partial charge in [-0.2, -0.15) is 0 Å². The fourth-order valence-electron chi connectivity index (χ4n) is 1.75. The van der Waals surface area contributed by atoms with Crippen LogP contribution < -0.4 is 4.90 Å². The number of Topliss-reactive ketones (excluding diaryl/α,β-unsaturated/α-hetero) is 1. The van der Waals surface area contributed by atoms with E-state index in [1.54, 1.807) is 19.1 Å². The monoisotopic (exact) mass is 207 g/mol. The lowest BCUT2D eigenvalue weighted by atomic mass is 10.2. The van der Waals surface area contributed by atoms with Gasteiger partial charge < -0.3 is 4.90 Å². The van der Waals surface area contributed by atoms with E-state index >= 15 is 0 Å². The maximum absolute atomic E-state index is 13.5. The van der Waals surface area contributed by atoms with Crippen molar-refractivity contribution >= 4 is 17.4 Å². The molecule has 0 spiro atoms. The molecule has 0 bridgehead atoms. The van der Waals surface area contributed by atoms with Crippen molar-refractivity contribution in [2.45, 2.75) is 13.3 Å². The molecule has 1 saturated heterocycles. The van der Waals surface area contributed by atoms with Gasteiger partial charge in [0.15, 0.2) is 5.78 Å². The van der Waals surface area contributed by atoms with Crippen LogP contribution in [0.15, 0.2) is 18.2 Å². The smallest absolute Gasteiger partial charge is 0.235 e. The molecule has 0 aromatic heterocycles. The first-order valence-corrected chi connectivity index (χ1v) is 4.67. The summed E-state index contributed by atoms with van der Waals surface area (Å²) in [6, 6.07) is 4.59. The molecule has 1 amide bonds. The van der Waals surface area contributed by atoms with Gasteiger partial charge >= 0.3 is 0 Å². The average Bonchev–Trinajstić information content (AvgIpc) is 2.45. The molecule has 78 valence electrons. The molecular weight excluding hydrogens is 197 g/mol. The van der Waals surface area contributed by atoms with Gasteiger partial charge in [0.25, 0.3) is 0 Å². The van der Waals surface area contributed by atoms with Crippen LogP contribution in [0, 0.1) is 12.7 Å². The van der Waals surface area contributed by atoms with E-state index in [-0.39, 0.29) is 30.3 Å². The predicted octanol–water partition coefficient (Wildman–Crippen LogP) is 1.44. The van der Waals surface area contributed by atoms with Gasteiger partial charge in [-0.05, 0) is 18.6 Å². The number of carbonyl (C=O) groups excluding carboxylic acids is 2. The molecule has 0 radical (unpaired) electrons. The first-order chi connectivity index (χ1) is 7.09. The summed E-state index contributed by atoms with van der Waals surface area (Å²) in [6.07, 6.45) is -0.117. The van der Waals surface area contributed by atoms with Crippen LogP contribution in [0.2, 0.25) is 0 Å². The number of carbonyl (C=O) groups is 2. The molecule has 3 nitrogen and oxygen atoms in total. The lowest BCUT2D eigenvalue weighted by molar-refractivity contribution is -0.121. The van der Waals surface area contributed by atoms with E-state index in [4.69, 9.17) is 0 Å². The van der Waals surface area contributed by atoms with Gasteiger partial charge in [-0.3, -0.25) is 9.59 Å². The molecule has 0 unspecified atom stereocenters. The minimum atomic E-state index is -0.460. The van der Waals surface area contributed by atoms with Gasteiger partial charge in [-0.15, -0.1) is 0 Å². The second-order valence-corrected chi connectivity index (χ2v) is 3.60. The van der Waals surface area contributed by atoms with Gasteiger partial charge in [-0.25, -0.2) is 4.39 Å². The van der Waals surface area contributed by atoms with Crippen LogP contribution in [-0.4, -0.2) is 18.2 Å². The van der Waals surface area contributed by atoms with Crippen molar-refractivity contribution in [2.75, 3.05) is 11.4 Å². The molecule has 0 saturated carbocycles. The standard InChI is InChI=1S/C11H10FNO2/c1-7-3-2-4-9(12)11(7)13-6-8(14)5-10(13)15/h2-4H,5-6H2,1H3. The lowest BCUT2D eigenvalue weighted by Crippen LogP contribution is -2.26. The molecule has 1 aromatic rings. The number of hydrogen-bond donors (Lipinski definition) is 0. The molecule has 0 aliphatic carbocycles. The van der Waals surface area contributed by atoms with E-state index in [1.165, 1.54) is 11.0 Å². The summed E-state index contributed by atoms with van der Waals surface area (Å²) in [5, 5.41) is 0. The highest BCUT2D eigenvalue weighted by Gasteiger charge is 2.30. The number of anilines is 1. The van der Waals surface area contributed by atoms with Crippen molar-refractivity contribution in [2.24, 2.45) is 0 Å². The summed E-state index contributed by atoms with van der Waals surface area (Å²) >= 11 is 0. The van der Waals surface area contributed by atoms with E-state index in [0.717, 1.165) is 0 Å². The topological polar surface area (TPSA) is 37.4 Å². The van der Waals surface area contributed by atoms with Crippen molar-refractivity contribution < 1.29 is 14.0 Å². The maximum Gasteiger partial charge on any atom is 0.235 e. The van der Waals surface area contributed by atoms with E-state index < -0.39 is 5.82 Å². The van der Waals surface area contributed by atoms with E-state index in [9.17, 15) is 14.0 Å². The van der Waals surface area contributed by atoms with Crippen LogP contribution in [0.3, 0.4) is 0 Å². The van der Waals surface area contributed by atoms with Crippen LogP contribution in [0.4, 0.5) is 10.1 Å². The zero-order valence-electron chi connectivity index (χ0n) is 8.29.